The number of carbonyl (C=O) groups is 1. The number of amides is 1. The van der Waals surface area contributed by atoms with Gasteiger partial charge in [0.05, 0.1) is 5.92 Å². The minimum atomic E-state index is -0.0660. The average Bonchev–Trinajstić information content (AvgIpc) is 1.62. The minimum Gasteiger partial charge on any atom is -0.315 e. The van der Waals surface area contributed by atoms with Gasteiger partial charge in [-0.3, -0.25) is 10.2 Å². The molecule has 1 aliphatic rings. The van der Waals surface area contributed by atoms with Crippen LogP contribution < -0.4 is 16.6 Å². The van der Waals surface area contributed by atoms with Gasteiger partial charge in [0, 0.05) is 13.1 Å². The summed E-state index contributed by atoms with van der Waals surface area (Å²) in [4.78, 5) is 10.5. The summed E-state index contributed by atoms with van der Waals surface area (Å²) in [5, 5.41) is 2.96. The highest BCUT2D eigenvalue weighted by Crippen LogP contribution is 2.00. The van der Waals surface area contributed by atoms with E-state index in [0.29, 0.717) is 0 Å². The molecule has 1 aliphatic heterocycles. The molecule has 0 aromatic rings. The van der Waals surface area contributed by atoms with Crippen LogP contribution in [-0.2, 0) is 4.79 Å². The van der Waals surface area contributed by atoms with Crippen molar-refractivity contribution in [3.8, 4) is 0 Å². The molecule has 5 heteroatoms. The number of hydrogen-bond acceptors (Lipinski definition) is 3. The normalized spacial score (nSPS) is 17.4. The first-order valence-corrected chi connectivity index (χ1v) is 2.56. The summed E-state index contributed by atoms with van der Waals surface area (Å²) in [5.74, 6) is 4.90. The van der Waals surface area contributed by atoms with Gasteiger partial charge in [-0.1, -0.05) is 0 Å². The molecule has 1 amide bonds. The molecule has 0 aromatic carbocycles. The predicted molar refractivity (Wildman–Crippen MR) is 35.9 cm³/mol. The van der Waals surface area contributed by atoms with E-state index in [9.17, 15) is 4.79 Å². The molecule has 0 spiro atoms. The van der Waals surface area contributed by atoms with Crippen LogP contribution in [0.25, 0.3) is 0 Å². The van der Waals surface area contributed by atoms with Crippen LogP contribution in [0.3, 0.4) is 0 Å². The molecular weight excluding hydrogens is 142 g/mol. The van der Waals surface area contributed by atoms with Crippen molar-refractivity contribution in [1.29, 1.82) is 0 Å². The molecular formula is C4H10ClN3O. The first kappa shape index (κ1) is 8.68. The average molecular weight is 152 g/mol. The summed E-state index contributed by atoms with van der Waals surface area (Å²) in [6.07, 6.45) is 0. The van der Waals surface area contributed by atoms with E-state index in [4.69, 9.17) is 5.84 Å². The van der Waals surface area contributed by atoms with Crippen LogP contribution in [0.5, 0.6) is 0 Å². The van der Waals surface area contributed by atoms with Gasteiger partial charge >= 0.3 is 0 Å². The highest BCUT2D eigenvalue weighted by atomic mass is 35.5. The van der Waals surface area contributed by atoms with Gasteiger partial charge in [-0.2, -0.15) is 0 Å². The number of carbonyl (C=O) groups excluding carboxylic acids is 1. The van der Waals surface area contributed by atoms with E-state index < -0.39 is 0 Å². The Labute approximate surface area is 59.6 Å². The van der Waals surface area contributed by atoms with Crippen molar-refractivity contribution in [3.63, 3.8) is 0 Å². The minimum absolute atomic E-state index is 0. The van der Waals surface area contributed by atoms with Crippen molar-refractivity contribution >= 4 is 18.3 Å². The number of halogens is 1. The molecule has 1 saturated heterocycles. The fourth-order valence-corrected chi connectivity index (χ4v) is 0.592. The second-order valence-corrected chi connectivity index (χ2v) is 1.86. The second-order valence-electron chi connectivity index (χ2n) is 1.86. The van der Waals surface area contributed by atoms with Crippen LogP contribution in [0.2, 0.25) is 0 Å². The Balaban J connectivity index is 0.000000640. The molecule has 1 rings (SSSR count). The Morgan fingerprint density at radius 2 is 2.22 bits per heavy atom. The van der Waals surface area contributed by atoms with Crippen LogP contribution in [0, 0.1) is 5.92 Å². The zero-order valence-electron chi connectivity index (χ0n) is 4.89. The molecule has 0 radical (unpaired) electrons. The third-order valence-corrected chi connectivity index (χ3v) is 1.29. The van der Waals surface area contributed by atoms with Crippen LogP contribution in [0.15, 0.2) is 0 Å². The molecule has 4 N–H and O–H groups in total. The molecule has 0 saturated carbocycles. The molecule has 0 bridgehead atoms. The smallest absolute Gasteiger partial charge is 0.239 e. The van der Waals surface area contributed by atoms with Gasteiger partial charge in [-0.25, -0.2) is 5.84 Å². The molecule has 0 aliphatic carbocycles. The lowest BCUT2D eigenvalue weighted by Crippen LogP contribution is -2.52. The van der Waals surface area contributed by atoms with Gasteiger partial charge < -0.3 is 5.32 Å². The number of hydrazine groups is 1. The highest BCUT2D eigenvalue weighted by Gasteiger charge is 2.23. The molecule has 0 atom stereocenters. The van der Waals surface area contributed by atoms with Crippen LogP contribution in [-0.4, -0.2) is 19.0 Å². The molecule has 0 aromatic heterocycles. The molecule has 4 nitrogen and oxygen atoms in total. The van der Waals surface area contributed by atoms with E-state index in [2.05, 4.69) is 10.7 Å². The van der Waals surface area contributed by atoms with Crippen molar-refractivity contribution < 1.29 is 4.79 Å². The topological polar surface area (TPSA) is 67.1 Å². The van der Waals surface area contributed by atoms with Crippen LogP contribution >= 0.6 is 12.4 Å². The molecule has 1 fully saturated rings. The van der Waals surface area contributed by atoms with E-state index in [-0.39, 0.29) is 24.2 Å². The van der Waals surface area contributed by atoms with E-state index >= 15 is 0 Å². The van der Waals surface area contributed by atoms with Gasteiger partial charge in [0.1, 0.15) is 0 Å². The fraction of sp³-hybridized carbons (Fsp3) is 0.750. The lowest BCUT2D eigenvalue weighted by atomic mass is 10.0. The summed E-state index contributed by atoms with van der Waals surface area (Å²) in [6, 6.07) is 0. The Hall–Kier alpha value is -0.320. The standard InChI is InChI=1S/C4H9N3O.ClH/c5-7-4(8)3-1-6-2-3;/h3,6H,1-2,5H2,(H,7,8);1H. The third kappa shape index (κ3) is 1.82. The van der Waals surface area contributed by atoms with Gasteiger partial charge in [-0.05, 0) is 0 Å². The monoisotopic (exact) mass is 151 g/mol. The van der Waals surface area contributed by atoms with Crippen molar-refractivity contribution in [2.75, 3.05) is 13.1 Å². The Morgan fingerprint density at radius 1 is 1.67 bits per heavy atom. The third-order valence-electron chi connectivity index (χ3n) is 1.29. The van der Waals surface area contributed by atoms with Crippen molar-refractivity contribution in [3.05, 3.63) is 0 Å². The van der Waals surface area contributed by atoms with Crippen LogP contribution in [0.4, 0.5) is 0 Å². The summed E-state index contributed by atoms with van der Waals surface area (Å²) >= 11 is 0. The second kappa shape index (κ2) is 3.66. The van der Waals surface area contributed by atoms with E-state index in [0.717, 1.165) is 13.1 Å². The summed E-state index contributed by atoms with van der Waals surface area (Å²) in [6.45, 7) is 1.53. The van der Waals surface area contributed by atoms with Gasteiger partial charge in [0.15, 0.2) is 0 Å². The number of rotatable bonds is 1. The van der Waals surface area contributed by atoms with Crippen molar-refractivity contribution in [2.45, 2.75) is 0 Å². The first-order chi connectivity index (χ1) is 3.84. The molecule has 9 heavy (non-hydrogen) atoms. The first-order valence-electron chi connectivity index (χ1n) is 2.56. The predicted octanol–water partition coefficient (Wildman–Crippen LogP) is -1.38. The quantitative estimate of drug-likeness (QED) is 0.246. The van der Waals surface area contributed by atoms with Gasteiger partial charge in [0.2, 0.25) is 5.91 Å². The summed E-state index contributed by atoms with van der Waals surface area (Å²) in [5.41, 5.74) is 2.09. The van der Waals surface area contributed by atoms with E-state index in [1.54, 1.807) is 0 Å². The molecule has 1 heterocycles. The van der Waals surface area contributed by atoms with E-state index in [1.807, 2.05) is 0 Å². The number of nitrogens with two attached hydrogens (primary N) is 1. The SMILES string of the molecule is Cl.NNC(=O)C1CNC1. The lowest BCUT2D eigenvalue weighted by Gasteiger charge is -2.24. The Kier molecular flexibility index (Phi) is 3.53. The fourth-order valence-electron chi connectivity index (χ4n) is 0.592. The maximum absolute atomic E-state index is 10.5. The summed E-state index contributed by atoms with van der Waals surface area (Å²) in [7, 11) is 0. The van der Waals surface area contributed by atoms with E-state index in [1.165, 1.54) is 0 Å². The van der Waals surface area contributed by atoms with Crippen molar-refractivity contribution in [1.82, 2.24) is 10.7 Å². The Bertz CT molecular complexity index is 104. The van der Waals surface area contributed by atoms with Crippen LogP contribution in [0.1, 0.15) is 0 Å². The Morgan fingerprint density at radius 3 is 2.33 bits per heavy atom. The highest BCUT2D eigenvalue weighted by molar-refractivity contribution is 5.85. The number of hydrogen-bond donors (Lipinski definition) is 3. The number of nitrogens with one attached hydrogen (secondary N) is 2. The van der Waals surface area contributed by atoms with Gasteiger partial charge in [0.25, 0.3) is 0 Å². The maximum Gasteiger partial charge on any atom is 0.239 e. The zero-order chi connectivity index (χ0) is 5.98. The zero-order valence-corrected chi connectivity index (χ0v) is 5.70. The van der Waals surface area contributed by atoms with Gasteiger partial charge in [-0.15, -0.1) is 12.4 Å². The molecule has 54 valence electrons. The summed E-state index contributed by atoms with van der Waals surface area (Å²) < 4.78 is 0. The molecule has 0 unspecified atom stereocenters. The maximum atomic E-state index is 10.5. The largest absolute Gasteiger partial charge is 0.315 e. The van der Waals surface area contributed by atoms with Crippen molar-refractivity contribution in [2.24, 2.45) is 11.8 Å². The lowest BCUT2D eigenvalue weighted by molar-refractivity contribution is -0.126.